The predicted molar refractivity (Wildman–Crippen MR) is 102 cm³/mol. The molecule has 2 heteroatoms. The normalized spacial score (nSPS) is 11.0. The lowest BCUT2D eigenvalue weighted by Gasteiger charge is -2.18. The van der Waals surface area contributed by atoms with Gasteiger partial charge in [0.05, 0.1) is 0 Å². The van der Waals surface area contributed by atoms with Crippen molar-refractivity contribution in [3.8, 4) is 0 Å². The Morgan fingerprint density at radius 2 is 1.17 bits per heavy atom. The maximum atomic E-state index is 2.29. The molecule has 1 heterocycles. The molecular weight excluding hydrogens is 297 g/mol. The van der Waals surface area contributed by atoms with Crippen molar-refractivity contribution >= 4 is 18.5 Å². The molecule has 0 saturated heterocycles. The fourth-order valence-corrected chi connectivity index (χ4v) is 5.30. The van der Waals surface area contributed by atoms with Crippen molar-refractivity contribution in [1.82, 2.24) is 4.57 Å². The van der Waals surface area contributed by atoms with Crippen LogP contribution < -0.4 is 10.6 Å². The summed E-state index contributed by atoms with van der Waals surface area (Å²) in [5.74, 6) is 0. The van der Waals surface area contributed by atoms with E-state index in [9.17, 15) is 0 Å². The van der Waals surface area contributed by atoms with Crippen LogP contribution in [0.2, 0.25) is 0 Å². The molecule has 0 N–H and O–H groups in total. The van der Waals surface area contributed by atoms with Crippen LogP contribution in [0.15, 0.2) is 85.2 Å². The van der Waals surface area contributed by atoms with E-state index in [2.05, 4.69) is 89.8 Å². The van der Waals surface area contributed by atoms with Gasteiger partial charge in [-0.1, -0.05) is 67.1 Å². The van der Waals surface area contributed by atoms with Crippen molar-refractivity contribution in [2.24, 2.45) is 0 Å². The summed E-state index contributed by atoms with van der Waals surface area (Å²) >= 11 is 0. The van der Waals surface area contributed by atoms with Gasteiger partial charge in [-0.3, -0.25) is 0 Å². The molecule has 0 aliphatic rings. The molecule has 0 spiro atoms. The number of hydrogen-bond donors (Lipinski definition) is 0. The van der Waals surface area contributed by atoms with Gasteiger partial charge in [0.2, 0.25) is 0 Å². The lowest BCUT2D eigenvalue weighted by atomic mass is 10.2. The molecule has 23 heavy (non-hydrogen) atoms. The van der Waals surface area contributed by atoms with Crippen molar-refractivity contribution in [2.75, 3.05) is 6.16 Å². The maximum absolute atomic E-state index is 2.29. The van der Waals surface area contributed by atoms with E-state index in [1.54, 1.807) is 0 Å². The maximum Gasteiger partial charge on any atom is 0.0219 e. The van der Waals surface area contributed by atoms with E-state index in [0.29, 0.717) is 0 Å². The largest absolute Gasteiger partial charge is 0.354 e. The minimum atomic E-state index is -0.219. The molecule has 3 aromatic rings. The fraction of sp³-hybridized carbons (Fsp3) is 0.238. The number of aryl methyl sites for hydroxylation is 1. The summed E-state index contributed by atoms with van der Waals surface area (Å²) in [6, 6.07) is 26.2. The van der Waals surface area contributed by atoms with E-state index >= 15 is 0 Å². The van der Waals surface area contributed by atoms with Gasteiger partial charge in [-0.15, -0.1) is 0 Å². The van der Waals surface area contributed by atoms with Gasteiger partial charge in [0.15, 0.2) is 0 Å². The molecule has 2 aromatic carbocycles. The standard InChI is InChI=1S/C21H24NP/c1-4-12-20(13-5-1)23(21-14-6-2-7-15-21)19-11-3-8-16-22-17-9-10-18-22/h1-2,4-7,9-10,12-15,17-18H,3,8,11,16,19H2. The average Bonchev–Trinajstić information content (AvgIpc) is 3.13. The molecule has 0 unspecified atom stereocenters. The van der Waals surface area contributed by atoms with Crippen LogP contribution in [-0.2, 0) is 6.54 Å². The van der Waals surface area contributed by atoms with Gasteiger partial charge in [0.1, 0.15) is 0 Å². The van der Waals surface area contributed by atoms with Crippen molar-refractivity contribution in [3.05, 3.63) is 85.2 Å². The molecule has 3 rings (SSSR count). The van der Waals surface area contributed by atoms with Crippen LogP contribution in [0.25, 0.3) is 0 Å². The molecule has 118 valence electrons. The third-order valence-corrected chi connectivity index (χ3v) is 6.71. The number of nitrogens with zero attached hydrogens (tertiary/aromatic N) is 1. The van der Waals surface area contributed by atoms with E-state index in [1.807, 2.05) is 0 Å². The monoisotopic (exact) mass is 321 g/mol. The second-order valence-corrected chi connectivity index (χ2v) is 8.14. The van der Waals surface area contributed by atoms with Crippen molar-refractivity contribution < 1.29 is 0 Å². The Morgan fingerprint density at radius 3 is 1.74 bits per heavy atom. The summed E-state index contributed by atoms with van der Waals surface area (Å²) in [6.45, 7) is 1.14. The SMILES string of the molecule is c1ccc(P(CCCCCn2cccc2)c2ccccc2)cc1. The zero-order valence-electron chi connectivity index (χ0n) is 13.5. The van der Waals surface area contributed by atoms with Gasteiger partial charge < -0.3 is 4.57 Å². The van der Waals surface area contributed by atoms with Gasteiger partial charge in [-0.25, -0.2) is 0 Å². The van der Waals surface area contributed by atoms with Gasteiger partial charge in [0.25, 0.3) is 0 Å². The first-order valence-electron chi connectivity index (χ1n) is 8.42. The van der Waals surface area contributed by atoms with Gasteiger partial charge in [-0.05, 0) is 49.7 Å². The average molecular weight is 321 g/mol. The second-order valence-electron chi connectivity index (χ2n) is 5.80. The highest BCUT2D eigenvalue weighted by Gasteiger charge is 2.12. The van der Waals surface area contributed by atoms with Gasteiger partial charge >= 0.3 is 0 Å². The first-order valence-corrected chi connectivity index (χ1v) is 9.94. The first-order chi connectivity index (χ1) is 11.4. The molecule has 0 radical (unpaired) electrons. The van der Waals surface area contributed by atoms with Crippen LogP contribution in [0.1, 0.15) is 19.3 Å². The first kappa shape index (κ1) is 16.0. The van der Waals surface area contributed by atoms with Gasteiger partial charge in [-0.2, -0.15) is 0 Å². The third-order valence-electron chi connectivity index (χ3n) is 4.10. The van der Waals surface area contributed by atoms with Crippen LogP contribution in [0, 0.1) is 0 Å². The summed E-state index contributed by atoms with van der Waals surface area (Å²) in [5.41, 5.74) is 0. The van der Waals surface area contributed by atoms with E-state index in [-0.39, 0.29) is 7.92 Å². The minimum absolute atomic E-state index is 0.219. The lowest BCUT2D eigenvalue weighted by Crippen LogP contribution is -2.13. The van der Waals surface area contributed by atoms with Crippen LogP contribution in [0.3, 0.4) is 0 Å². The Hall–Kier alpha value is -1.85. The number of aromatic nitrogens is 1. The molecule has 0 aliphatic heterocycles. The highest BCUT2D eigenvalue weighted by Crippen LogP contribution is 2.34. The zero-order chi connectivity index (χ0) is 15.7. The predicted octanol–water partition coefficient (Wildman–Crippen LogP) is 4.79. The Kier molecular flexibility index (Phi) is 6.06. The molecule has 0 aliphatic carbocycles. The summed E-state index contributed by atoms with van der Waals surface area (Å²) in [6.07, 6.45) is 9.46. The molecule has 0 fully saturated rings. The van der Waals surface area contributed by atoms with E-state index < -0.39 is 0 Å². The molecule has 1 aromatic heterocycles. The molecule has 0 atom stereocenters. The molecule has 1 nitrogen and oxygen atoms in total. The summed E-state index contributed by atoms with van der Waals surface area (Å²) in [4.78, 5) is 0. The van der Waals surface area contributed by atoms with E-state index in [1.165, 1.54) is 36.0 Å². The Balaban J connectivity index is 1.56. The number of rotatable bonds is 8. The molecule has 0 amide bonds. The highest BCUT2D eigenvalue weighted by atomic mass is 31.1. The van der Waals surface area contributed by atoms with Crippen LogP contribution in [-0.4, -0.2) is 10.7 Å². The Morgan fingerprint density at radius 1 is 0.609 bits per heavy atom. The van der Waals surface area contributed by atoms with E-state index in [4.69, 9.17) is 0 Å². The third kappa shape index (κ3) is 4.81. The Labute approximate surface area is 140 Å². The minimum Gasteiger partial charge on any atom is -0.354 e. The molecular formula is C21H24NP. The summed E-state index contributed by atoms with van der Waals surface area (Å²) in [7, 11) is -0.219. The van der Waals surface area contributed by atoms with Crippen molar-refractivity contribution in [1.29, 1.82) is 0 Å². The second kappa shape index (κ2) is 8.70. The van der Waals surface area contributed by atoms with Gasteiger partial charge in [0, 0.05) is 18.9 Å². The van der Waals surface area contributed by atoms with Crippen molar-refractivity contribution in [2.45, 2.75) is 25.8 Å². The molecule has 0 saturated carbocycles. The highest BCUT2D eigenvalue weighted by molar-refractivity contribution is 7.73. The zero-order valence-corrected chi connectivity index (χ0v) is 14.4. The lowest BCUT2D eigenvalue weighted by molar-refractivity contribution is 0.606. The van der Waals surface area contributed by atoms with Crippen LogP contribution in [0.5, 0.6) is 0 Å². The van der Waals surface area contributed by atoms with Crippen molar-refractivity contribution in [3.63, 3.8) is 0 Å². The fourth-order valence-electron chi connectivity index (χ4n) is 2.88. The number of unbranched alkanes of at least 4 members (excludes halogenated alkanes) is 2. The quantitative estimate of drug-likeness (QED) is 0.415. The topological polar surface area (TPSA) is 4.93 Å². The van der Waals surface area contributed by atoms with E-state index in [0.717, 1.165) is 6.54 Å². The molecule has 0 bridgehead atoms. The smallest absolute Gasteiger partial charge is 0.0219 e. The summed E-state index contributed by atoms with van der Waals surface area (Å²) < 4.78 is 2.28. The number of benzene rings is 2. The van der Waals surface area contributed by atoms with Crippen LogP contribution in [0.4, 0.5) is 0 Å². The van der Waals surface area contributed by atoms with Crippen LogP contribution >= 0.6 is 7.92 Å². The number of hydrogen-bond acceptors (Lipinski definition) is 0. The summed E-state index contributed by atoms with van der Waals surface area (Å²) in [5, 5.41) is 3.00. The Bertz CT molecular complexity index is 622.